The molecule has 0 spiro atoms. The monoisotopic (exact) mass is 288 g/mol. The summed E-state index contributed by atoms with van der Waals surface area (Å²) in [5, 5.41) is 8.94. The number of benzene rings is 1. The van der Waals surface area contributed by atoms with Crippen LogP contribution < -0.4 is 0 Å². The van der Waals surface area contributed by atoms with Crippen LogP contribution in [0.5, 0.6) is 0 Å². The van der Waals surface area contributed by atoms with E-state index in [0.717, 1.165) is 5.56 Å². The molecule has 0 fully saturated rings. The molecular formula is C11H10OTe. The summed E-state index contributed by atoms with van der Waals surface area (Å²) in [6.45, 7) is 0.182. The molecule has 0 saturated heterocycles. The van der Waals surface area contributed by atoms with Crippen LogP contribution in [0, 0.1) is 0 Å². The van der Waals surface area contributed by atoms with Crippen LogP contribution in [0.15, 0.2) is 40.5 Å². The number of hydrogen-bond donors (Lipinski definition) is 1. The standard InChI is InChI=1S/C11H10OTe/c12-7-9-6-11(13-8-9)10-4-2-1-3-5-10/h1-6,8,12H,7H2. The Morgan fingerprint density at radius 1 is 1.15 bits per heavy atom. The second kappa shape index (κ2) is 4.11. The summed E-state index contributed by atoms with van der Waals surface area (Å²) in [5.74, 6) is 0. The van der Waals surface area contributed by atoms with Crippen LogP contribution in [-0.2, 0) is 6.61 Å². The third-order valence-corrected chi connectivity index (χ3v) is 4.83. The van der Waals surface area contributed by atoms with Gasteiger partial charge in [-0.1, -0.05) is 0 Å². The second-order valence-corrected chi connectivity index (χ2v) is 5.44. The summed E-state index contributed by atoms with van der Waals surface area (Å²) in [7, 11) is 0. The van der Waals surface area contributed by atoms with Gasteiger partial charge in [-0.3, -0.25) is 0 Å². The van der Waals surface area contributed by atoms with Crippen molar-refractivity contribution in [1.82, 2.24) is 0 Å². The summed E-state index contributed by atoms with van der Waals surface area (Å²) in [6, 6.07) is 12.5. The van der Waals surface area contributed by atoms with E-state index in [1.165, 1.54) is 9.14 Å². The molecule has 2 rings (SSSR count). The molecule has 13 heavy (non-hydrogen) atoms. The van der Waals surface area contributed by atoms with Crippen LogP contribution in [0.2, 0.25) is 0 Å². The number of rotatable bonds is 2. The molecule has 0 aliphatic rings. The molecule has 0 saturated carbocycles. The van der Waals surface area contributed by atoms with Crippen molar-refractivity contribution in [2.75, 3.05) is 0 Å². The molecule has 1 aromatic carbocycles. The third kappa shape index (κ3) is 2.03. The first-order chi connectivity index (χ1) is 6.40. The molecule has 0 radical (unpaired) electrons. The normalized spacial score (nSPS) is 10.2. The van der Waals surface area contributed by atoms with Gasteiger partial charge in [0.1, 0.15) is 0 Å². The van der Waals surface area contributed by atoms with Gasteiger partial charge in [-0.2, -0.15) is 0 Å². The molecular weight excluding hydrogens is 276 g/mol. The average Bonchev–Trinajstić information content (AvgIpc) is 2.67. The van der Waals surface area contributed by atoms with Crippen molar-refractivity contribution in [3.8, 4) is 9.14 Å². The molecule has 1 N–H and O–H groups in total. The molecule has 2 aromatic rings. The summed E-state index contributed by atoms with van der Waals surface area (Å²) >= 11 is -0.183. The van der Waals surface area contributed by atoms with E-state index in [0.29, 0.717) is 0 Å². The third-order valence-electron chi connectivity index (χ3n) is 1.89. The molecule has 0 bridgehead atoms. The van der Waals surface area contributed by atoms with Gasteiger partial charge in [-0.05, 0) is 0 Å². The van der Waals surface area contributed by atoms with E-state index >= 15 is 0 Å². The van der Waals surface area contributed by atoms with Gasteiger partial charge in [-0.15, -0.1) is 0 Å². The van der Waals surface area contributed by atoms with Gasteiger partial charge in [0.15, 0.2) is 0 Å². The Kier molecular flexibility index (Phi) is 2.85. The SMILES string of the molecule is OCc1c[te]c(-c2ccccc2)c1. The molecule has 1 nitrogen and oxygen atoms in total. The van der Waals surface area contributed by atoms with E-state index < -0.39 is 0 Å². The minimum atomic E-state index is -0.183. The first kappa shape index (κ1) is 9.02. The van der Waals surface area contributed by atoms with Crippen LogP contribution in [-0.4, -0.2) is 25.5 Å². The number of aliphatic hydroxyl groups excluding tert-OH is 1. The first-order valence-electron chi connectivity index (χ1n) is 4.14. The van der Waals surface area contributed by atoms with Crippen molar-refractivity contribution < 1.29 is 5.11 Å². The van der Waals surface area contributed by atoms with Crippen molar-refractivity contribution in [1.29, 1.82) is 0 Å². The van der Waals surface area contributed by atoms with Crippen molar-refractivity contribution in [2.24, 2.45) is 0 Å². The Labute approximate surface area is 87.3 Å². The van der Waals surface area contributed by atoms with E-state index in [1.807, 2.05) is 6.07 Å². The first-order valence-corrected chi connectivity index (χ1v) is 6.65. The summed E-state index contributed by atoms with van der Waals surface area (Å²) in [5.41, 5.74) is 2.39. The van der Waals surface area contributed by atoms with Crippen molar-refractivity contribution >= 4 is 20.4 Å². The summed E-state index contributed by atoms with van der Waals surface area (Å²) in [4.78, 5) is 0. The molecule has 0 unspecified atom stereocenters. The molecule has 66 valence electrons. The molecule has 1 heterocycles. The Morgan fingerprint density at radius 3 is 2.54 bits per heavy atom. The number of aliphatic hydroxyl groups is 1. The van der Waals surface area contributed by atoms with E-state index in [1.54, 1.807) is 0 Å². The molecule has 2 heteroatoms. The van der Waals surface area contributed by atoms with Crippen LogP contribution in [0.1, 0.15) is 5.56 Å². The zero-order valence-corrected chi connectivity index (χ0v) is 9.43. The molecule has 0 amide bonds. The zero-order chi connectivity index (χ0) is 9.10. The summed E-state index contributed by atoms with van der Waals surface area (Å²) < 4.78 is 3.63. The van der Waals surface area contributed by atoms with Crippen LogP contribution >= 0.6 is 0 Å². The van der Waals surface area contributed by atoms with Crippen LogP contribution in [0.25, 0.3) is 9.14 Å². The van der Waals surface area contributed by atoms with E-state index in [4.69, 9.17) is 5.11 Å². The molecule has 0 atom stereocenters. The Balaban J connectivity index is 2.36. The molecule has 1 aromatic heterocycles. The van der Waals surface area contributed by atoms with Crippen molar-refractivity contribution in [3.63, 3.8) is 0 Å². The van der Waals surface area contributed by atoms with Gasteiger partial charge in [0, 0.05) is 0 Å². The fourth-order valence-corrected chi connectivity index (χ4v) is 3.82. The average molecular weight is 286 g/mol. The van der Waals surface area contributed by atoms with Gasteiger partial charge in [0.2, 0.25) is 0 Å². The molecule has 0 aliphatic heterocycles. The van der Waals surface area contributed by atoms with E-state index in [9.17, 15) is 0 Å². The maximum atomic E-state index is 8.94. The van der Waals surface area contributed by atoms with Gasteiger partial charge in [-0.25, -0.2) is 0 Å². The quantitative estimate of drug-likeness (QED) is 0.836. The predicted octanol–water partition coefficient (Wildman–Crippen LogP) is 1.90. The zero-order valence-electron chi connectivity index (χ0n) is 7.10. The fraction of sp³-hybridized carbons (Fsp3) is 0.0909. The van der Waals surface area contributed by atoms with E-state index in [2.05, 4.69) is 34.4 Å². The number of hydrogen-bond acceptors (Lipinski definition) is 1. The maximum absolute atomic E-state index is 8.94. The van der Waals surface area contributed by atoms with Crippen LogP contribution in [0.3, 0.4) is 0 Å². The van der Waals surface area contributed by atoms with Crippen molar-refractivity contribution in [2.45, 2.75) is 6.61 Å². The predicted molar refractivity (Wildman–Crippen MR) is 54.7 cm³/mol. The van der Waals surface area contributed by atoms with Gasteiger partial charge in [0.05, 0.1) is 0 Å². The second-order valence-electron chi connectivity index (χ2n) is 2.84. The van der Waals surface area contributed by atoms with E-state index in [-0.39, 0.29) is 27.0 Å². The van der Waals surface area contributed by atoms with Gasteiger partial charge in [0.25, 0.3) is 0 Å². The minimum absolute atomic E-state index is 0.182. The summed E-state index contributed by atoms with van der Waals surface area (Å²) in [6.07, 6.45) is 0. The Morgan fingerprint density at radius 2 is 1.92 bits per heavy atom. The molecule has 0 aliphatic carbocycles. The fourth-order valence-electron chi connectivity index (χ4n) is 1.21. The Bertz CT molecular complexity index is 378. The van der Waals surface area contributed by atoms with Gasteiger partial charge >= 0.3 is 87.3 Å². The van der Waals surface area contributed by atoms with Crippen molar-refractivity contribution in [3.05, 3.63) is 46.0 Å². The topological polar surface area (TPSA) is 20.2 Å². The van der Waals surface area contributed by atoms with Crippen LogP contribution in [0.4, 0.5) is 0 Å². The Hall–Kier alpha value is -0.550. The van der Waals surface area contributed by atoms with Gasteiger partial charge < -0.3 is 0 Å².